The second-order valence-electron chi connectivity index (χ2n) is 6.02. The molecule has 7 nitrogen and oxygen atoms in total. The zero-order chi connectivity index (χ0) is 18.5. The van der Waals surface area contributed by atoms with Gasteiger partial charge in [0.1, 0.15) is 5.69 Å². The first-order valence-corrected chi connectivity index (χ1v) is 8.48. The first-order valence-electron chi connectivity index (χ1n) is 8.48. The Morgan fingerprint density at radius 2 is 2.00 bits per heavy atom. The lowest BCUT2D eigenvalue weighted by atomic mass is 10.2. The van der Waals surface area contributed by atoms with Crippen LogP contribution in [0.1, 0.15) is 21.7 Å². The smallest absolute Gasteiger partial charge is 0.254 e. The van der Waals surface area contributed by atoms with Crippen molar-refractivity contribution >= 4 is 5.91 Å². The minimum Gasteiger partial charge on any atom is -0.359 e. The van der Waals surface area contributed by atoms with Crippen molar-refractivity contribution in [1.29, 1.82) is 0 Å². The number of nitrogens with one attached hydrogen (secondary N) is 1. The summed E-state index contributed by atoms with van der Waals surface area (Å²) < 4.78 is 7.01. The van der Waals surface area contributed by atoms with Crippen molar-refractivity contribution in [2.24, 2.45) is 0 Å². The van der Waals surface area contributed by atoms with Gasteiger partial charge >= 0.3 is 0 Å². The molecule has 0 saturated carbocycles. The maximum absolute atomic E-state index is 12.3. The summed E-state index contributed by atoms with van der Waals surface area (Å²) >= 11 is 0. The fraction of sp³-hybridized carbons (Fsp3) is 0.100. The van der Waals surface area contributed by atoms with Crippen molar-refractivity contribution in [2.75, 3.05) is 0 Å². The van der Waals surface area contributed by atoms with Gasteiger partial charge in [-0.15, -0.1) is 0 Å². The molecule has 0 radical (unpaired) electrons. The molecule has 0 fully saturated rings. The fourth-order valence-electron chi connectivity index (χ4n) is 2.65. The maximum Gasteiger partial charge on any atom is 0.254 e. The van der Waals surface area contributed by atoms with Crippen molar-refractivity contribution in [3.63, 3.8) is 0 Å². The summed E-state index contributed by atoms with van der Waals surface area (Å²) in [5, 5.41) is 11.1. The minimum atomic E-state index is -0.214. The second kappa shape index (κ2) is 7.65. The van der Waals surface area contributed by atoms with Crippen LogP contribution in [0.2, 0.25) is 0 Å². The van der Waals surface area contributed by atoms with Gasteiger partial charge < -0.3 is 9.84 Å². The number of rotatable bonds is 6. The molecular formula is C20H17N5O2. The standard InChI is InChI=1S/C20H17N5O2/c26-20(17-11-23-25(14-17)13-15-5-2-1-3-6-15)22-12-18-9-19(24-27-18)16-7-4-8-21-10-16/h1-11,14H,12-13H2,(H,22,26). The normalized spacial score (nSPS) is 10.7. The van der Waals surface area contributed by atoms with Gasteiger partial charge in [0, 0.05) is 30.2 Å². The van der Waals surface area contributed by atoms with Crippen LogP contribution in [-0.4, -0.2) is 25.8 Å². The molecule has 3 heterocycles. The van der Waals surface area contributed by atoms with E-state index in [1.165, 1.54) is 0 Å². The van der Waals surface area contributed by atoms with E-state index in [1.54, 1.807) is 35.5 Å². The number of carbonyl (C=O) groups is 1. The van der Waals surface area contributed by atoms with E-state index < -0.39 is 0 Å². The highest BCUT2D eigenvalue weighted by Crippen LogP contribution is 2.17. The van der Waals surface area contributed by atoms with Crippen LogP contribution in [0.25, 0.3) is 11.3 Å². The van der Waals surface area contributed by atoms with Gasteiger partial charge in [-0.3, -0.25) is 14.5 Å². The van der Waals surface area contributed by atoms with Crippen LogP contribution in [0, 0.1) is 0 Å². The summed E-state index contributed by atoms with van der Waals surface area (Å²) in [6, 6.07) is 15.5. The van der Waals surface area contributed by atoms with Crippen molar-refractivity contribution in [2.45, 2.75) is 13.1 Å². The summed E-state index contributed by atoms with van der Waals surface area (Å²) in [7, 11) is 0. The number of pyridine rings is 1. The highest BCUT2D eigenvalue weighted by molar-refractivity contribution is 5.93. The second-order valence-corrected chi connectivity index (χ2v) is 6.02. The average Bonchev–Trinajstić information content (AvgIpc) is 3.37. The van der Waals surface area contributed by atoms with E-state index in [-0.39, 0.29) is 12.5 Å². The number of benzene rings is 1. The first-order chi connectivity index (χ1) is 13.3. The molecule has 0 saturated heterocycles. The summed E-state index contributed by atoms with van der Waals surface area (Å²) in [4.78, 5) is 16.4. The Morgan fingerprint density at radius 3 is 2.81 bits per heavy atom. The molecule has 1 aromatic carbocycles. The Hall–Kier alpha value is -3.74. The molecule has 1 amide bonds. The SMILES string of the molecule is O=C(NCc1cc(-c2cccnc2)no1)c1cnn(Cc2ccccc2)c1. The van der Waals surface area contributed by atoms with E-state index >= 15 is 0 Å². The predicted molar refractivity (Wildman–Crippen MR) is 98.7 cm³/mol. The van der Waals surface area contributed by atoms with Gasteiger partial charge in [-0.2, -0.15) is 5.10 Å². The third-order valence-corrected chi connectivity index (χ3v) is 4.02. The molecule has 0 aliphatic carbocycles. The number of carbonyl (C=O) groups excluding carboxylic acids is 1. The Balaban J connectivity index is 1.35. The van der Waals surface area contributed by atoms with Gasteiger partial charge in [0.05, 0.1) is 24.8 Å². The zero-order valence-electron chi connectivity index (χ0n) is 14.4. The zero-order valence-corrected chi connectivity index (χ0v) is 14.4. The Kier molecular flexibility index (Phi) is 4.74. The third-order valence-electron chi connectivity index (χ3n) is 4.02. The van der Waals surface area contributed by atoms with Crippen molar-refractivity contribution < 1.29 is 9.32 Å². The van der Waals surface area contributed by atoms with Gasteiger partial charge in [-0.25, -0.2) is 0 Å². The molecule has 0 aliphatic heterocycles. The van der Waals surface area contributed by atoms with Gasteiger partial charge in [0.15, 0.2) is 5.76 Å². The molecule has 7 heteroatoms. The summed E-state index contributed by atoms with van der Waals surface area (Å²) in [5.74, 6) is 0.354. The lowest BCUT2D eigenvalue weighted by Crippen LogP contribution is -2.22. The van der Waals surface area contributed by atoms with E-state index in [9.17, 15) is 4.79 Å². The van der Waals surface area contributed by atoms with Crippen LogP contribution < -0.4 is 5.32 Å². The first kappa shape index (κ1) is 16.7. The summed E-state index contributed by atoms with van der Waals surface area (Å²) in [6.45, 7) is 0.862. The monoisotopic (exact) mass is 359 g/mol. The van der Waals surface area contributed by atoms with Crippen molar-refractivity contribution in [3.8, 4) is 11.3 Å². The van der Waals surface area contributed by atoms with Gasteiger partial charge in [-0.1, -0.05) is 35.5 Å². The number of hydrogen-bond acceptors (Lipinski definition) is 5. The molecule has 27 heavy (non-hydrogen) atoms. The lowest BCUT2D eigenvalue weighted by molar-refractivity contribution is 0.0947. The lowest BCUT2D eigenvalue weighted by Gasteiger charge is -2.01. The topological polar surface area (TPSA) is 85.8 Å². The summed E-state index contributed by atoms with van der Waals surface area (Å²) in [5.41, 5.74) is 3.17. The third kappa shape index (κ3) is 4.09. The number of aromatic nitrogens is 4. The number of hydrogen-bond donors (Lipinski definition) is 1. The molecule has 0 bridgehead atoms. The highest BCUT2D eigenvalue weighted by Gasteiger charge is 2.11. The van der Waals surface area contributed by atoms with Crippen molar-refractivity contribution in [3.05, 3.63) is 90.2 Å². The van der Waals surface area contributed by atoms with Crippen LogP contribution in [0.3, 0.4) is 0 Å². The van der Waals surface area contributed by atoms with E-state index in [1.807, 2.05) is 42.5 Å². The van der Waals surface area contributed by atoms with E-state index in [0.29, 0.717) is 23.6 Å². The van der Waals surface area contributed by atoms with Crippen LogP contribution >= 0.6 is 0 Å². The van der Waals surface area contributed by atoms with Crippen LogP contribution in [0.5, 0.6) is 0 Å². The Bertz CT molecular complexity index is 1020. The van der Waals surface area contributed by atoms with Crippen LogP contribution in [0.4, 0.5) is 0 Å². The molecule has 0 atom stereocenters. The van der Waals surface area contributed by atoms with E-state index in [2.05, 4.69) is 20.6 Å². The number of nitrogens with zero attached hydrogens (tertiary/aromatic N) is 4. The van der Waals surface area contributed by atoms with E-state index in [0.717, 1.165) is 11.1 Å². The van der Waals surface area contributed by atoms with E-state index in [4.69, 9.17) is 4.52 Å². The molecule has 3 aromatic heterocycles. The average molecular weight is 359 g/mol. The fourth-order valence-corrected chi connectivity index (χ4v) is 2.65. The van der Waals surface area contributed by atoms with Gasteiger partial charge in [0.2, 0.25) is 0 Å². The highest BCUT2D eigenvalue weighted by atomic mass is 16.5. The van der Waals surface area contributed by atoms with Crippen molar-refractivity contribution in [1.82, 2.24) is 25.2 Å². The number of amides is 1. The molecule has 0 unspecified atom stereocenters. The van der Waals surface area contributed by atoms with Crippen LogP contribution in [0.15, 0.2) is 77.8 Å². The molecule has 1 N–H and O–H groups in total. The van der Waals surface area contributed by atoms with Gasteiger partial charge in [0.25, 0.3) is 5.91 Å². The maximum atomic E-state index is 12.3. The summed E-state index contributed by atoms with van der Waals surface area (Å²) in [6.07, 6.45) is 6.69. The Morgan fingerprint density at radius 1 is 1.11 bits per heavy atom. The minimum absolute atomic E-state index is 0.214. The molecule has 4 rings (SSSR count). The molecular weight excluding hydrogens is 342 g/mol. The molecule has 0 spiro atoms. The van der Waals surface area contributed by atoms with Crippen LogP contribution in [-0.2, 0) is 13.1 Å². The Labute approximate surface area is 155 Å². The quantitative estimate of drug-likeness (QED) is 0.572. The molecule has 0 aliphatic rings. The van der Waals surface area contributed by atoms with Gasteiger partial charge in [-0.05, 0) is 17.7 Å². The molecule has 134 valence electrons. The predicted octanol–water partition coefficient (Wildman–Crippen LogP) is 2.91. The largest absolute Gasteiger partial charge is 0.359 e. The molecule has 4 aromatic rings.